The van der Waals surface area contributed by atoms with Gasteiger partial charge >= 0.3 is 0 Å². The van der Waals surface area contributed by atoms with E-state index in [0.29, 0.717) is 24.7 Å². The molecule has 0 N–H and O–H groups in total. The highest BCUT2D eigenvalue weighted by Crippen LogP contribution is 2.30. The molecule has 2 rings (SSSR count). The summed E-state index contributed by atoms with van der Waals surface area (Å²) in [5.41, 5.74) is 0.839. The van der Waals surface area contributed by atoms with E-state index in [1.807, 2.05) is 18.0 Å². The van der Waals surface area contributed by atoms with Crippen LogP contribution in [0.4, 0.5) is 10.1 Å². The second-order valence-electron chi connectivity index (χ2n) is 5.57. The summed E-state index contributed by atoms with van der Waals surface area (Å²) < 4.78 is 13.2. The first-order chi connectivity index (χ1) is 9.10. The van der Waals surface area contributed by atoms with Crippen LogP contribution in [0.2, 0.25) is 0 Å². The number of anilines is 1. The zero-order valence-electron chi connectivity index (χ0n) is 11.7. The fraction of sp³-hybridized carbons (Fsp3) is 0.562. The lowest BCUT2D eigenvalue weighted by Gasteiger charge is -2.31. The Kier molecular flexibility index (Phi) is 4.56. The average Bonchev–Trinajstić information content (AvgIpc) is 2.41. The fourth-order valence-corrected chi connectivity index (χ4v) is 2.90. The van der Waals surface area contributed by atoms with Gasteiger partial charge in [0.05, 0.1) is 0 Å². The Morgan fingerprint density at radius 1 is 1.42 bits per heavy atom. The first kappa shape index (κ1) is 14.0. The van der Waals surface area contributed by atoms with E-state index in [0.717, 1.165) is 24.9 Å². The maximum absolute atomic E-state index is 13.2. The molecule has 0 aliphatic heterocycles. The highest BCUT2D eigenvalue weighted by atomic mass is 19.1. The van der Waals surface area contributed by atoms with Gasteiger partial charge in [-0.05, 0) is 37.0 Å². The van der Waals surface area contributed by atoms with Crippen molar-refractivity contribution in [3.05, 3.63) is 30.1 Å². The molecule has 0 bridgehead atoms. The smallest absolute Gasteiger partial charge is 0.137 e. The number of Topliss-reactive ketones (excluding diaryl/α,β-unsaturated/α-hetero) is 1. The maximum Gasteiger partial charge on any atom is 0.137 e. The van der Waals surface area contributed by atoms with E-state index in [2.05, 4.69) is 6.92 Å². The molecule has 1 aromatic carbocycles. The van der Waals surface area contributed by atoms with E-state index in [-0.39, 0.29) is 11.7 Å². The van der Waals surface area contributed by atoms with E-state index < -0.39 is 0 Å². The summed E-state index contributed by atoms with van der Waals surface area (Å²) in [4.78, 5) is 14.0. The number of ketones is 1. The minimum absolute atomic E-state index is 0.104. The molecular formula is C16H22FNO. The molecule has 0 amide bonds. The Morgan fingerprint density at radius 3 is 2.89 bits per heavy atom. The fourth-order valence-electron chi connectivity index (χ4n) is 2.90. The van der Waals surface area contributed by atoms with Crippen molar-refractivity contribution >= 4 is 11.5 Å². The number of hydrogen-bond donors (Lipinski definition) is 0. The quantitative estimate of drug-likeness (QED) is 0.826. The molecule has 1 aromatic rings. The number of carbonyl (C=O) groups is 1. The molecule has 1 aliphatic carbocycles. The molecule has 0 radical (unpaired) electrons. The minimum Gasteiger partial charge on any atom is -0.374 e. The van der Waals surface area contributed by atoms with Crippen molar-refractivity contribution in [2.24, 2.45) is 11.8 Å². The zero-order chi connectivity index (χ0) is 13.8. The molecule has 3 heteroatoms. The van der Waals surface area contributed by atoms with Gasteiger partial charge in [-0.15, -0.1) is 0 Å². The second kappa shape index (κ2) is 6.18. The Balaban J connectivity index is 2.01. The summed E-state index contributed by atoms with van der Waals surface area (Å²) in [6.07, 6.45) is 3.87. The van der Waals surface area contributed by atoms with Crippen molar-refractivity contribution in [2.75, 3.05) is 18.5 Å². The Morgan fingerprint density at radius 2 is 2.21 bits per heavy atom. The molecule has 1 saturated carbocycles. The van der Waals surface area contributed by atoms with Gasteiger partial charge in [0.2, 0.25) is 0 Å². The summed E-state index contributed by atoms with van der Waals surface area (Å²) in [5.74, 6) is 0.911. The highest BCUT2D eigenvalue weighted by molar-refractivity contribution is 5.82. The summed E-state index contributed by atoms with van der Waals surface area (Å²) in [7, 11) is 1.93. The first-order valence-electron chi connectivity index (χ1n) is 7.09. The SMILES string of the molecule is CCC1CCC(=O)C(CN(C)c2cccc(F)c2)C1. The first-order valence-corrected chi connectivity index (χ1v) is 7.09. The molecule has 0 spiro atoms. The van der Waals surface area contributed by atoms with Gasteiger partial charge < -0.3 is 4.90 Å². The van der Waals surface area contributed by atoms with Gasteiger partial charge in [0.25, 0.3) is 0 Å². The van der Waals surface area contributed by atoms with E-state index in [9.17, 15) is 9.18 Å². The van der Waals surface area contributed by atoms with Crippen LogP contribution >= 0.6 is 0 Å². The molecule has 0 heterocycles. The summed E-state index contributed by atoms with van der Waals surface area (Å²) in [5, 5.41) is 0. The standard InChI is InChI=1S/C16H22FNO/c1-3-12-7-8-16(19)13(9-12)11-18(2)15-6-4-5-14(17)10-15/h4-6,10,12-13H,3,7-9,11H2,1-2H3. The van der Waals surface area contributed by atoms with Crippen LogP contribution in [-0.4, -0.2) is 19.4 Å². The van der Waals surface area contributed by atoms with Crippen LogP contribution in [0.15, 0.2) is 24.3 Å². The van der Waals surface area contributed by atoms with Crippen molar-refractivity contribution in [1.29, 1.82) is 0 Å². The molecule has 0 saturated heterocycles. The van der Waals surface area contributed by atoms with Gasteiger partial charge in [-0.1, -0.05) is 19.4 Å². The lowest BCUT2D eigenvalue weighted by molar-refractivity contribution is -0.125. The Hall–Kier alpha value is -1.38. The van der Waals surface area contributed by atoms with Crippen LogP contribution in [0, 0.1) is 17.7 Å². The molecule has 2 nitrogen and oxygen atoms in total. The van der Waals surface area contributed by atoms with E-state index in [1.54, 1.807) is 6.07 Å². The molecule has 104 valence electrons. The van der Waals surface area contributed by atoms with Crippen LogP contribution in [0.1, 0.15) is 32.6 Å². The maximum atomic E-state index is 13.2. The molecule has 2 unspecified atom stereocenters. The summed E-state index contributed by atoms with van der Waals surface area (Å²) >= 11 is 0. The molecule has 1 aliphatic rings. The number of nitrogens with zero attached hydrogens (tertiary/aromatic N) is 1. The number of carbonyl (C=O) groups excluding carboxylic acids is 1. The van der Waals surface area contributed by atoms with Crippen molar-refractivity contribution in [2.45, 2.75) is 32.6 Å². The van der Waals surface area contributed by atoms with Crippen LogP contribution < -0.4 is 4.90 Å². The predicted octanol–water partition coefficient (Wildman–Crippen LogP) is 3.66. The van der Waals surface area contributed by atoms with Gasteiger partial charge in [0.15, 0.2) is 0 Å². The van der Waals surface area contributed by atoms with Crippen LogP contribution in [0.25, 0.3) is 0 Å². The summed E-state index contributed by atoms with van der Waals surface area (Å²) in [6.45, 7) is 2.88. The van der Waals surface area contributed by atoms with Crippen molar-refractivity contribution < 1.29 is 9.18 Å². The number of rotatable bonds is 4. The predicted molar refractivity (Wildman–Crippen MR) is 75.8 cm³/mol. The second-order valence-corrected chi connectivity index (χ2v) is 5.57. The normalized spacial score (nSPS) is 23.4. The van der Waals surface area contributed by atoms with Crippen molar-refractivity contribution in [3.8, 4) is 0 Å². The number of benzene rings is 1. The van der Waals surface area contributed by atoms with Gasteiger partial charge in [-0.2, -0.15) is 0 Å². The highest BCUT2D eigenvalue weighted by Gasteiger charge is 2.28. The average molecular weight is 263 g/mol. The molecular weight excluding hydrogens is 241 g/mol. The third kappa shape index (κ3) is 3.55. The largest absolute Gasteiger partial charge is 0.374 e. The van der Waals surface area contributed by atoms with Crippen LogP contribution in [0.3, 0.4) is 0 Å². The molecule has 1 fully saturated rings. The van der Waals surface area contributed by atoms with Gasteiger partial charge in [-0.25, -0.2) is 4.39 Å². The lowest BCUT2D eigenvalue weighted by atomic mass is 9.79. The monoisotopic (exact) mass is 263 g/mol. The Labute approximate surface area is 114 Å². The third-order valence-electron chi connectivity index (χ3n) is 4.19. The molecule has 2 atom stereocenters. The molecule has 19 heavy (non-hydrogen) atoms. The van der Waals surface area contributed by atoms with Gasteiger partial charge in [0.1, 0.15) is 11.6 Å². The minimum atomic E-state index is -0.231. The zero-order valence-corrected chi connectivity index (χ0v) is 11.7. The topological polar surface area (TPSA) is 20.3 Å². The van der Waals surface area contributed by atoms with Crippen LogP contribution in [0.5, 0.6) is 0 Å². The lowest BCUT2D eigenvalue weighted by Crippen LogP contribution is -2.34. The summed E-state index contributed by atoms with van der Waals surface area (Å²) in [6, 6.07) is 6.55. The number of halogens is 1. The number of hydrogen-bond acceptors (Lipinski definition) is 2. The van der Waals surface area contributed by atoms with Crippen molar-refractivity contribution in [3.63, 3.8) is 0 Å². The van der Waals surface area contributed by atoms with E-state index in [4.69, 9.17) is 0 Å². The van der Waals surface area contributed by atoms with E-state index in [1.165, 1.54) is 12.1 Å². The van der Waals surface area contributed by atoms with Gasteiger partial charge in [0, 0.05) is 31.6 Å². The van der Waals surface area contributed by atoms with Crippen molar-refractivity contribution in [1.82, 2.24) is 0 Å². The molecule has 0 aromatic heterocycles. The van der Waals surface area contributed by atoms with Crippen LogP contribution in [-0.2, 0) is 4.79 Å². The van der Waals surface area contributed by atoms with E-state index >= 15 is 0 Å². The van der Waals surface area contributed by atoms with Gasteiger partial charge in [-0.3, -0.25) is 4.79 Å². The third-order valence-corrected chi connectivity index (χ3v) is 4.19. The Bertz CT molecular complexity index is 446.